The molecule has 0 spiro atoms. The van der Waals surface area contributed by atoms with Crippen molar-refractivity contribution < 1.29 is 14.0 Å². The van der Waals surface area contributed by atoms with Crippen molar-refractivity contribution >= 4 is 28.9 Å². The molecule has 1 aliphatic rings. The highest BCUT2D eigenvalue weighted by Crippen LogP contribution is 2.24. The molecular formula is C21H23ClN4O3. The molecule has 0 aliphatic carbocycles. The number of hydrogen-bond acceptors (Lipinski definition) is 4. The maximum absolute atomic E-state index is 13.0. The lowest BCUT2D eigenvalue weighted by Crippen LogP contribution is -2.49. The zero-order valence-corrected chi connectivity index (χ0v) is 17.1. The Bertz CT molecular complexity index is 1060. The number of rotatable bonds is 4. The number of carbonyl (C=O) groups is 2. The number of pyridine rings is 1. The van der Waals surface area contributed by atoms with Gasteiger partial charge in [0.05, 0.1) is 28.6 Å². The molecule has 1 fully saturated rings. The Morgan fingerprint density at radius 2 is 2.17 bits per heavy atom. The molecule has 0 aromatic carbocycles. The summed E-state index contributed by atoms with van der Waals surface area (Å²) < 4.78 is 7.05. The number of likely N-dealkylation sites (tertiary alicyclic amines) is 1. The third kappa shape index (κ3) is 3.74. The molecular weight excluding hydrogens is 392 g/mol. The topological polar surface area (TPSA) is 79.8 Å². The van der Waals surface area contributed by atoms with Crippen LogP contribution in [-0.4, -0.2) is 45.5 Å². The van der Waals surface area contributed by atoms with Crippen LogP contribution < -0.4 is 5.32 Å². The summed E-state index contributed by atoms with van der Waals surface area (Å²) >= 11 is 6.25. The lowest BCUT2D eigenvalue weighted by molar-refractivity contribution is 0.0645. The first-order chi connectivity index (χ1) is 14.0. The van der Waals surface area contributed by atoms with E-state index in [1.807, 2.05) is 19.9 Å². The van der Waals surface area contributed by atoms with Crippen molar-refractivity contribution in [3.05, 3.63) is 58.8 Å². The molecule has 0 bridgehead atoms. The molecule has 2 amide bonds. The van der Waals surface area contributed by atoms with E-state index in [0.717, 1.165) is 18.4 Å². The Kier molecular flexibility index (Phi) is 5.32. The minimum atomic E-state index is -0.242. The fourth-order valence-electron chi connectivity index (χ4n) is 3.80. The van der Waals surface area contributed by atoms with Gasteiger partial charge in [-0.25, -0.2) is 4.52 Å². The third-order valence-corrected chi connectivity index (χ3v) is 5.60. The summed E-state index contributed by atoms with van der Waals surface area (Å²) in [4.78, 5) is 27.6. The number of nitrogens with zero attached hydrogens (tertiary/aromatic N) is 3. The van der Waals surface area contributed by atoms with E-state index in [9.17, 15) is 9.59 Å². The van der Waals surface area contributed by atoms with E-state index in [-0.39, 0.29) is 23.8 Å². The van der Waals surface area contributed by atoms with Crippen molar-refractivity contribution in [1.29, 1.82) is 0 Å². The molecule has 3 aromatic heterocycles. The maximum Gasteiger partial charge on any atom is 0.289 e. The summed E-state index contributed by atoms with van der Waals surface area (Å²) in [6.45, 7) is 5.15. The van der Waals surface area contributed by atoms with E-state index >= 15 is 0 Å². The van der Waals surface area contributed by atoms with Crippen LogP contribution in [0.3, 0.4) is 0 Å². The van der Waals surface area contributed by atoms with Crippen LogP contribution in [0.25, 0.3) is 5.52 Å². The highest BCUT2D eigenvalue weighted by Gasteiger charge is 2.29. The summed E-state index contributed by atoms with van der Waals surface area (Å²) in [5, 5.41) is 7.69. The van der Waals surface area contributed by atoms with E-state index in [0.29, 0.717) is 35.0 Å². The van der Waals surface area contributed by atoms with Crippen LogP contribution in [0.15, 0.2) is 41.3 Å². The molecule has 1 saturated heterocycles. The van der Waals surface area contributed by atoms with Crippen molar-refractivity contribution in [2.24, 2.45) is 0 Å². The molecule has 7 nitrogen and oxygen atoms in total. The van der Waals surface area contributed by atoms with E-state index in [1.54, 1.807) is 34.0 Å². The molecule has 1 aliphatic heterocycles. The number of piperidine rings is 1. The van der Waals surface area contributed by atoms with Crippen LogP contribution in [0.5, 0.6) is 0 Å². The predicted octanol–water partition coefficient (Wildman–Crippen LogP) is 3.74. The molecule has 0 saturated carbocycles. The van der Waals surface area contributed by atoms with Crippen molar-refractivity contribution in [3.63, 3.8) is 0 Å². The highest BCUT2D eigenvalue weighted by atomic mass is 35.5. The van der Waals surface area contributed by atoms with Gasteiger partial charge < -0.3 is 14.6 Å². The Hall–Kier alpha value is -2.80. The average molecular weight is 415 g/mol. The number of hydrogen-bond donors (Lipinski definition) is 1. The number of amides is 2. The summed E-state index contributed by atoms with van der Waals surface area (Å²) in [5.74, 6) is 0.222. The molecule has 4 heterocycles. The summed E-state index contributed by atoms with van der Waals surface area (Å²) in [6.07, 6.45) is 6.43. The highest BCUT2D eigenvalue weighted by molar-refractivity contribution is 6.34. The molecule has 8 heteroatoms. The SMILES string of the molecule is CC(C)c1ccoc1C(=O)N1CCCC(NC(=O)c2cnn3cccc(Cl)c23)C1. The van der Waals surface area contributed by atoms with Crippen LogP contribution in [-0.2, 0) is 0 Å². The first-order valence-electron chi connectivity index (χ1n) is 9.75. The van der Waals surface area contributed by atoms with Crippen LogP contribution in [0, 0.1) is 0 Å². The molecule has 3 aromatic rings. The number of furan rings is 1. The van der Waals surface area contributed by atoms with Crippen molar-refractivity contribution in [3.8, 4) is 0 Å². The van der Waals surface area contributed by atoms with Crippen LogP contribution >= 0.6 is 11.6 Å². The van der Waals surface area contributed by atoms with Gasteiger partial charge >= 0.3 is 0 Å². The van der Waals surface area contributed by atoms with Crippen LogP contribution in [0.4, 0.5) is 0 Å². The van der Waals surface area contributed by atoms with E-state index in [1.165, 1.54) is 6.20 Å². The minimum absolute atomic E-state index is 0.128. The van der Waals surface area contributed by atoms with Crippen molar-refractivity contribution in [2.75, 3.05) is 13.1 Å². The first-order valence-corrected chi connectivity index (χ1v) is 10.1. The lowest BCUT2D eigenvalue weighted by atomic mass is 10.0. The van der Waals surface area contributed by atoms with Gasteiger partial charge in [-0.3, -0.25) is 9.59 Å². The number of aromatic nitrogens is 2. The van der Waals surface area contributed by atoms with Gasteiger partial charge in [-0.2, -0.15) is 5.10 Å². The standard InChI is InChI=1S/C21H23ClN4O3/c1-13(2)15-7-10-29-19(15)21(28)25-8-3-5-14(12-25)24-20(27)16-11-23-26-9-4-6-17(22)18(16)26/h4,6-7,9-11,13-14H,3,5,8,12H2,1-2H3,(H,24,27). The van der Waals surface area contributed by atoms with E-state index in [4.69, 9.17) is 16.0 Å². The van der Waals surface area contributed by atoms with Gasteiger partial charge in [0.1, 0.15) is 0 Å². The smallest absolute Gasteiger partial charge is 0.289 e. The zero-order valence-electron chi connectivity index (χ0n) is 16.4. The molecule has 4 rings (SSSR count). The van der Waals surface area contributed by atoms with Crippen LogP contribution in [0.2, 0.25) is 5.02 Å². The number of carbonyl (C=O) groups excluding carboxylic acids is 2. The van der Waals surface area contributed by atoms with E-state index < -0.39 is 0 Å². The Balaban J connectivity index is 1.48. The molecule has 0 radical (unpaired) electrons. The fraction of sp³-hybridized carbons (Fsp3) is 0.381. The molecule has 29 heavy (non-hydrogen) atoms. The van der Waals surface area contributed by atoms with Gasteiger partial charge in [-0.05, 0) is 37.0 Å². The zero-order chi connectivity index (χ0) is 20.5. The number of nitrogens with one attached hydrogen (secondary N) is 1. The predicted molar refractivity (Wildman–Crippen MR) is 109 cm³/mol. The maximum atomic E-state index is 13.0. The Morgan fingerprint density at radius 1 is 1.34 bits per heavy atom. The number of fused-ring (bicyclic) bond motifs is 1. The molecule has 1 N–H and O–H groups in total. The van der Waals surface area contributed by atoms with Gasteiger partial charge in [0.2, 0.25) is 0 Å². The van der Waals surface area contributed by atoms with Gasteiger partial charge in [0.25, 0.3) is 11.8 Å². The van der Waals surface area contributed by atoms with Crippen molar-refractivity contribution in [1.82, 2.24) is 19.8 Å². The molecule has 1 unspecified atom stereocenters. The Labute approximate surface area is 173 Å². The second-order valence-corrected chi connectivity index (χ2v) is 8.04. The summed E-state index contributed by atoms with van der Waals surface area (Å²) in [7, 11) is 0. The third-order valence-electron chi connectivity index (χ3n) is 5.29. The first kappa shape index (κ1) is 19.5. The summed E-state index contributed by atoms with van der Waals surface area (Å²) in [5.41, 5.74) is 1.90. The largest absolute Gasteiger partial charge is 0.459 e. The van der Waals surface area contributed by atoms with Crippen LogP contribution in [0.1, 0.15) is 59.1 Å². The number of halogens is 1. The normalized spacial score (nSPS) is 17.1. The molecule has 152 valence electrons. The Morgan fingerprint density at radius 3 is 2.97 bits per heavy atom. The summed E-state index contributed by atoms with van der Waals surface area (Å²) in [6, 6.07) is 5.20. The second-order valence-electron chi connectivity index (χ2n) is 7.63. The van der Waals surface area contributed by atoms with E-state index in [2.05, 4.69) is 10.4 Å². The lowest BCUT2D eigenvalue weighted by Gasteiger charge is -2.33. The van der Waals surface area contributed by atoms with Gasteiger partial charge in [-0.1, -0.05) is 25.4 Å². The van der Waals surface area contributed by atoms with Crippen molar-refractivity contribution in [2.45, 2.75) is 38.6 Å². The quantitative estimate of drug-likeness (QED) is 0.705. The fourth-order valence-corrected chi connectivity index (χ4v) is 4.06. The van der Waals surface area contributed by atoms with Gasteiger partial charge in [0, 0.05) is 30.9 Å². The van der Waals surface area contributed by atoms with Gasteiger partial charge in [-0.15, -0.1) is 0 Å². The average Bonchev–Trinajstić information content (AvgIpc) is 3.35. The minimum Gasteiger partial charge on any atom is -0.459 e. The monoisotopic (exact) mass is 414 g/mol. The molecule has 1 atom stereocenters. The second kappa shape index (κ2) is 7.91. The van der Waals surface area contributed by atoms with Gasteiger partial charge in [0.15, 0.2) is 5.76 Å².